The van der Waals surface area contributed by atoms with E-state index in [0.717, 1.165) is 31.6 Å². The third-order valence-corrected chi connectivity index (χ3v) is 5.37. The number of nitrogens with zero attached hydrogens (tertiary/aromatic N) is 4. The van der Waals surface area contributed by atoms with E-state index in [2.05, 4.69) is 35.6 Å². The topological polar surface area (TPSA) is 58.6 Å². The van der Waals surface area contributed by atoms with Gasteiger partial charge in [0.1, 0.15) is 0 Å². The van der Waals surface area contributed by atoms with Gasteiger partial charge < -0.3 is 14.5 Å². The molecular weight excluding hydrogens is 328 g/mol. The zero-order chi connectivity index (χ0) is 18.7. The van der Waals surface area contributed by atoms with Crippen LogP contribution in [-0.4, -0.2) is 59.7 Å². The summed E-state index contributed by atoms with van der Waals surface area (Å²) in [4.78, 5) is 26.4. The van der Waals surface area contributed by atoms with E-state index in [0.29, 0.717) is 24.3 Å². The lowest BCUT2D eigenvalue weighted by molar-refractivity contribution is 0.0519. The lowest BCUT2D eigenvalue weighted by atomic mass is 9.91. The van der Waals surface area contributed by atoms with Gasteiger partial charge in [-0.05, 0) is 51.8 Å². The van der Waals surface area contributed by atoms with Crippen molar-refractivity contribution in [3.8, 4) is 0 Å². The number of carbonyl (C=O) groups is 1. The lowest BCUT2D eigenvalue weighted by Crippen LogP contribution is -2.44. The van der Waals surface area contributed by atoms with Crippen LogP contribution in [0.2, 0.25) is 0 Å². The largest absolute Gasteiger partial charge is 0.461 e. The van der Waals surface area contributed by atoms with Crippen molar-refractivity contribution in [1.82, 2.24) is 14.9 Å². The predicted molar refractivity (Wildman–Crippen MR) is 103 cm³/mol. The highest BCUT2D eigenvalue weighted by atomic mass is 16.5. The SMILES string of the molecule is CCOC(=O)c1cc(C(C)(C)C)nc(N2CCC(N3CCCC3)CC2)n1. The maximum absolute atomic E-state index is 12.2. The molecule has 0 saturated carbocycles. The number of hydrogen-bond donors (Lipinski definition) is 0. The lowest BCUT2D eigenvalue weighted by Gasteiger charge is -2.37. The van der Waals surface area contributed by atoms with E-state index < -0.39 is 0 Å². The van der Waals surface area contributed by atoms with Crippen molar-refractivity contribution >= 4 is 11.9 Å². The minimum atomic E-state index is -0.367. The zero-order valence-electron chi connectivity index (χ0n) is 16.6. The normalized spacial score (nSPS) is 19.8. The maximum Gasteiger partial charge on any atom is 0.357 e. The summed E-state index contributed by atoms with van der Waals surface area (Å²) in [6, 6.07) is 2.46. The summed E-state index contributed by atoms with van der Waals surface area (Å²) in [5.41, 5.74) is 1.10. The van der Waals surface area contributed by atoms with E-state index in [1.807, 2.05) is 6.92 Å². The second-order valence-electron chi connectivity index (χ2n) is 8.37. The van der Waals surface area contributed by atoms with Crippen molar-refractivity contribution in [2.75, 3.05) is 37.7 Å². The van der Waals surface area contributed by atoms with Crippen LogP contribution in [0.5, 0.6) is 0 Å². The molecule has 0 unspecified atom stereocenters. The molecule has 2 aliphatic heterocycles. The molecule has 0 atom stereocenters. The fourth-order valence-corrected chi connectivity index (χ4v) is 3.81. The second kappa shape index (κ2) is 7.91. The Labute approximate surface area is 156 Å². The van der Waals surface area contributed by atoms with Gasteiger partial charge in [-0.2, -0.15) is 0 Å². The standard InChI is InChI=1S/C20H32N4O2/c1-5-26-18(25)16-14-17(20(2,3)4)22-19(21-16)24-12-8-15(9-13-24)23-10-6-7-11-23/h14-15H,5-13H2,1-4H3. The van der Waals surface area contributed by atoms with Crippen molar-refractivity contribution < 1.29 is 9.53 Å². The van der Waals surface area contributed by atoms with Crippen molar-refractivity contribution in [2.24, 2.45) is 0 Å². The third kappa shape index (κ3) is 4.34. The molecule has 2 saturated heterocycles. The molecule has 26 heavy (non-hydrogen) atoms. The highest BCUT2D eigenvalue weighted by Crippen LogP contribution is 2.26. The van der Waals surface area contributed by atoms with Gasteiger partial charge in [-0.15, -0.1) is 0 Å². The first kappa shape index (κ1) is 19.1. The van der Waals surface area contributed by atoms with Crippen molar-refractivity contribution in [3.05, 3.63) is 17.5 Å². The molecule has 1 aromatic heterocycles. The van der Waals surface area contributed by atoms with Gasteiger partial charge in [0, 0.05) is 24.5 Å². The molecular formula is C20H32N4O2. The van der Waals surface area contributed by atoms with Gasteiger partial charge in [-0.25, -0.2) is 14.8 Å². The molecule has 1 aromatic rings. The van der Waals surface area contributed by atoms with Crippen LogP contribution in [0.25, 0.3) is 0 Å². The fourth-order valence-electron chi connectivity index (χ4n) is 3.81. The van der Waals surface area contributed by atoms with Crippen LogP contribution in [0.4, 0.5) is 5.95 Å². The minimum absolute atomic E-state index is 0.146. The molecule has 2 fully saturated rings. The van der Waals surface area contributed by atoms with Crippen molar-refractivity contribution in [3.63, 3.8) is 0 Å². The van der Waals surface area contributed by atoms with Crippen LogP contribution in [0.3, 0.4) is 0 Å². The van der Waals surface area contributed by atoms with Gasteiger partial charge >= 0.3 is 5.97 Å². The predicted octanol–water partition coefficient (Wildman–Crippen LogP) is 3.02. The summed E-state index contributed by atoms with van der Waals surface area (Å²) in [7, 11) is 0. The Kier molecular flexibility index (Phi) is 5.80. The number of aromatic nitrogens is 2. The van der Waals surface area contributed by atoms with Gasteiger partial charge in [0.15, 0.2) is 5.69 Å². The highest BCUT2D eigenvalue weighted by molar-refractivity contribution is 5.87. The zero-order valence-corrected chi connectivity index (χ0v) is 16.6. The number of carbonyl (C=O) groups excluding carboxylic acids is 1. The maximum atomic E-state index is 12.2. The Morgan fingerprint density at radius 2 is 1.81 bits per heavy atom. The summed E-state index contributed by atoms with van der Waals surface area (Å²) in [5.74, 6) is 0.300. The van der Waals surface area contributed by atoms with Crippen molar-refractivity contribution in [1.29, 1.82) is 0 Å². The van der Waals surface area contributed by atoms with Gasteiger partial charge in [0.2, 0.25) is 5.95 Å². The van der Waals surface area contributed by atoms with Gasteiger partial charge in [0.25, 0.3) is 0 Å². The molecule has 0 bridgehead atoms. The summed E-state index contributed by atoms with van der Waals surface area (Å²) in [6.45, 7) is 12.8. The molecule has 2 aliphatic rings. The van der Waals surface area contributed by atoms with Crippen LogP contribution < -0.4 is 4.90 Å². The van der Waals surface area contributed by atoms with Crippen LogP contribution in [0.15, 0.2) is 6.07 Å². The van der Waals surface area contributed by atoms with Gasteiger partial charge in [0.05, 0.1) is 12.3 Å². The average Bonchev–Trinajstić information content (AvgIpc) is 3.15. The number of rotatable bonds is 4. The Morgan fingerprint density at radius 1 is 1.15 bits per heavy atom. The molecule has 6 heteroatoms. The Hall–Kier alpha value is -1.69. The summed E-state index contributed by atoms with van der Waals surface area (Å²) in [6.07, 6.45) is 4.94. The minimum Gasteiger partial charge on any atom is -0.461 e. The number of anilines is 1. The number of ether oxygens (including phenoxy) is 1. The molecule has 0 radical (unpaired) electrons. The molecule has 0 amide bonds. The first-order valence-corrected chi connectivity index (χ1v) is 9.94. The molecule has 0 aliphatic carbocycles. The van der Waals surface area contributed by atoms with E-state index in [9.17, 15) is 4.79 Å². The molecule has 0 N–H and O–H groups in total. The summed E-state index contributed by atoms with van der Waals surface area (Å²) >= 11 is 0. The molecule has 144 valence electrons. The van der Waals surface area contributed by atoms with E-state index in [4.69, 9.17) is 9.72 Å². The number of esters is 1. The molecule has 6 nitrogen and oxygen atoms in total. The van der Waals surface area contributed by atoms with E-state index in [-0.39, 0.29) is 11.4 Å². The van der Waals surface area contributed by atoms with Gasteiger partial charge in [-0.3, -0.25) is 0 Å². The number of hydrogen-bond acceptors (Lipinski definition) is 6. The highest BCUT2D eigenvalue weighted by Gasteiger charge is 2.29. The van der Waals surface area contributed by atoms with Gasteiger partial charge in [-0.1, -0.05) is 20.8 Å². The summed E-state index contributed by atoms with van der Waals surface area (Å²) < 4.78 is 5.17. The first-order chi connectivity index (χ1) is 12.4. The molecule has 3 heterocycles. The van der Waals surface area contributed by atoms with Crippen LogP contribution in [0.1, 0.15) is 69.6 Å². The van der Waals surface area contributed by atoms with Crippen LogP contribution in [0, 0.1) is 0 Å². The van der Waals surface area contributed by atoms with E-state index >= 15 is 0 Å². The first-order valence-electron chi connectivity index (χ1n) is 9.94. The Bertz CT molecular complexity index is 627. The molecule has 0 spiro atoms. The fraction of sp³-hybridized carbons (Fsp3) is 0.750. The monoisotopic (exact) mass is 360 g/mol. The van der Waals surface area contributed by atoms with E-state index in [1.165, 1.54) is 25.9 Å². The Balaban J connectivity index is 1.78. The Morgan fingerprint density at radius 3 is 2.38 bits per heavy atom. The number of piperidine rings is 1. The van der Waals surface area contributed by atoms with E-state index in [1.54, 1.807) is 6.07 Å². The van der Waals surface area contributed by atoms with Crippen molar-refractivity contribution in [2.45, 2.75) is 64.8 Å². The smallest absolute Gasteiger partial charge is 0.357 e. The average molecular weight is 361 g/mol. The van der Waals surface area contributed by atoms with Crippen LogP contribution >= 0.6 is 0 Å². The third-order valence-electron chi connectivity index (χ3n) is 5.37. The number of likely N-dealkylation sites (tertiary alicyclic amines) is 1. The summed E-state index contributed by atoms with van der Waals surface area (Å²) in [5, 5.41) is 0. The second-order valence-corrected chi connectivity index (χ2v) is 8.37. The molecule has 0 aromatic carbocycles. The van der Waals surface area contributed by atoms with Crippen LogP contribution in [-0.2, 0) is 10.2 Å². The molecule has 3 rings (SSSR count). The quantitative estimate of drug-likeness (QED) is 0.769.